The lowest BCUT2D eigenvalue weighted by atomic mass is 10.3. The maximum atomic E-state index is 12.8. The van der Waals surface area contributed by atoms with E-state index in [9.17, 15) is 4.39 Å². The standard InChI is InChI=1S/C13H15FN2OS/c1-9(13-16-11(6-7-15)8-18-13)17-12-4-2-10(14)3-5-12/h2-5,8-9H,6-7,15H2,1H3. The van der Waals surface area contributed by atoms with E-state index in [1.165, 1.54) is 12.1 Å². The highest BCUT2D eigenvalue weighted by molar-refractivity contribution is 7.09. The molecule has 2 aromatic rings. The normalized spacial score (nSPS) is 12.4. The lowest BCUT2D eigenvalue weighted by Gasteiger charge is -2.11. The number of thiazole rings is 1. The Labute approximate surface area is 109 Å². The van der Waals surface area contributed by atoms with Crippen molar-refractivity contribution in [2.75, 3.05) is 6.54 Å². The lowest BCUT2D eigenvalue weighted by Crippen LogP contribution is -2.05. The zero-order valence-corrected chi connectivity index (χ0v) is 10.9. The first-order valence-corrected chi connectivity index (χ1v) is 6.63. The topological polar surface area (TPSA) is 48.1 Å². The van der Waals surface area contributed by atoms with Crippen molar-refractivity contribution >= 4 is 11.3 Å². The van der Waals surface area contributed by atoms with Gasteiger partial charge in [-0.2, -0.15) is 0 Å². The molecule has 2 N–H and O–H groups in total. The summed E-state index contributed by atoms with van der Waals surface area (Å²) in [6.07, 6.45) is 0.631. The first-order chi connectivity index (χ1) is 8.69. The number of aromatic nitrogens is 1. The third-order valence-corrected chi connectivity index (χ3v) is 3.50. The zero-order chi connectivity index (χ0) is 13.0. The van der Waals surface area contributed by atoms with Gasteiger partial charge in [-0.05, 0) is 37.7 Å². The molecule has 1 aromatic heterocycles. The van der Waals surface area contributed by atoms with Crippen molar-refractivity contribution in [3.63, 3.8) is 0 Å². The van der Waals surface area contributed by atoms with Crippen LogP contribution in [0.5, 0.6) is 5.75 Å². The van der Waals surface area contributed by atoms with E-state index in [0.717, 1.165) is 17.1 Å². The fraction of sp³-hybridized carbons (Fsp3) is 0.308. The zero-order valence-electron chi connectivity index (χ0n) is 10.1. The van der Waals surface area contributed by atoms with Crippen LogP contribution in [0, 0.1) is 5.82 Å². The van der Waals surface area contributed by atoms with Gasteiger partial charge < -0.3 is 10.5 Å². The third kappa shape index (κ3) is 3.27. The number of hydrogen-bond acceptors (Lipinski definition) is 4. The van der Waals surface area contributed by atoms with Crippen LogP contribution in [-0.2, 0) is 6.42 Å². The minimum Gasteiger partial charge on any atom is -0.484 e. The first-order valence-electron chi connectivity index (χ1n) is 5.75. The van der Waals surface area contributed by atoms with Crippen molar-refractivity contribution in [1.82, 2.24) is 4.98 Å². The summed E-state index contributed by atoms with van der Waals surface area (Å²) >= 11 is 1.55. The summed E-state index contributed by atoms with van der Waals surface area (Å²) in [6.45, 7) is 2.52. The second-order valence-electron chi connectivity index (χ2n) is 3.93. The predicted molar refractivity (Wildman–Crippen MR) is 70.3 cm³/mol. The molecule has 1 aromatic carbocycles. The second-order valence-corrected chi connectivity index (χ2v) is 4.82. The Morgan fingerprint density at radius 1 is 1.39 bits per heavy atom. The lowest BCUT2D eigenvalue weighted by molar-refractivity contribution is 0.226. The molecule has 3 nitrogen and oxygen atoms in total. The average molecular weight is 266 g/mol. The predicted octanol–water partition coefficient (Wildman–Crippen LogP) is 2.92. The van der Waals surface area contributed by atoms with Crippen LogP contribution >= 0.6 is 11.3 Å². The van der Waals surface area contributed by atoms with E-state index < -0.39 is 0 Å². The van der Waals surface area contributed by atoms with E-state index in [-0.39, 0.29) is 11.9 Å². The maximum absolute atomic E-state index is 12.8. The Kier molecular flexibility index (Phi) is 4.28. The van der Waals surface area contributed by atoms with Crippen molar-refractivity contribution in [3.05, 3.63) is 46.2 Å². The molecule has 0 saturated heterocycles. The Hall–Kier alpha value is -1.46. The number of rotatable bonds is 5. The number of ether oxygens (including phenoxy) is 1. The van der Waals surface area contributed by atoms with E-state index in [1.807, 2.05) is 12.3 Å². The number of halogens is 1. The van der Waals surface area contributed by atoms with E-state index in [4.69, 9.17) is 10.5 Å². The van der Waals surface area contributed by atoms with Gasteiger partial charge >= 0.3 is 0 Å². The molecular formula is C13H15FN2OS. The van der Waals surface area contributed by atoms with Gasteiger partial charge in [0.15, 0.2) is 0 Å². The molecule has 2 rings (SSSR count). The molecular weight excluding hydrogens is 251 g/mol. The first kappa shape index (κ1) is 13.0. The third-order valence-electron chi connectivity index (χ3n) is 2.44. The van der Waals surface area contributed by atoms with Crippen molar-refractivity contribution in [3.8, 4) is 5.75 Å². The summed E-state index contributed by atoms with van der Waals surface area (Å²) in [4.78, 5) is 4.45. The molecule has 5 heteroatoms. The fourth-order valence-corrected chi connectivity index (χ4v) is 2.38. The van der Waals surface area contributed by atoms with Gasteiger partial charge in [0.1, 0.15) is 22.7 Å². The summed E-state index contributed by atoms with van der Waals surface area (Å²) in [6, 6.07) is 5.98. The van der Waals surface area contributed by atoms with Gasteiger partial charge in [-0.15, -0.1) is 11.3 Å². The monoisotopic (exact) mass is 266 g/mol. The minimum atomic E-state index is -0.269. The molecule has 1 atom stereocenters. The van der Waals surface area contributed by atoms with Gasteiger partial charge in [0.2, 0.25) is 0 Å². The number of nitrogens with two attached hydrogens (primary N) is 1. The highest BCUT2D eigenvalue weighted by Gasteiger charge is 2.12. The molecule has 1 unspecified atom stereocenters. The van der Waals surface area contributed by atoms with Crippen LogP contribution in [0.3, 0.4) is 0 Å². The van der Waals surface area contributed by atoms with E-state index in [2.05, 4.69) is 4.98 Å². The SMILES string of the molecule is CC(Oc1ccc(F)cc1)c1nc(CCN)cs1. The quantitative estimate of drug-likeness (QED) is 0.905. The Balaban J connectivity index is 2.02. The van der Waals surface area contributed by atoms with Gasteiger partial charge in [0.25, 0.3) is 0 Å². The van der Waals surface area contributed by atoms with Crippen LogP contribution < -0.4 is 10.5 Å². The number of benzene rings is 1. The molecule has 0 aliphatic rings. The molecule has 0 saturated carbocycles. The molecule has 0 radical (unpaired) electrons. The smallest absolute Gasteiger partial charge is 0.147 e. The molecule has 0 spiro atoms. The Bertz CT molecular complexity index is 498. The van der Waals surface area contributed by atoms with E-state index in [0.29, 0.717) is 12.3 Å². The summed E-state index contributed by atoms with van der Waals surface area (Å²) < 4.78 is 18.5. The molecule has 0 bridgehead atoms. The molecule has 96 valence electrons. The highest BCUT2D eigenvalue weighted by atomic mass is 32.1. The van der Waals surface area contributed by atoms with E-state index in [1.54, 1.807) is 23.5 Å². The van der Waals surface area contributed by atoms with Crippen LogP contribution in [0.4, 0.5) is 4.39 Å². The Morgan fingerprint density at radius 2 is 2.11 bits per heavy atom. The van der Waals surface area contributed by atoms with Crippen LogP contribution in [0.25, 0.3) is 0 Å². The minimum absolute atomic E-state index is 0.146. The van der Waals surface area contributed by atoms with E-state index >= 15 is 0 Å². The summed E-state index contributed by atoms with van der Waals surface area (Å²) in [5.74, 6) is 0.369. The molecule has 0 amide bonds. The van der Waals surface area contributed by atoms with Gasteiger partial charge in [0, 0.05) is 11.8 Å². The summed E-state index contributed by atoms with van der Waals surface area (Å²) in [5, 5.41) is 2.90. The van der Waals surface area contributed by atoms with Crippen LogP contribution in [0.15, 0.2) is 29.6 Å². The summed E-state index contributed by atoms with van der Waals surface area (Å²) in [5.41, 5.74) is 6.47. The number of hydrogen-bond donors (Lipinski definition) is 1. The van der Waals surface area contributed by atoms with Crippen molar-refractivity contribution in [1.29, 1.82) is 0 Å². The fourth-order valence-electron chi connectivity index (χ4n) is 1.54. The second kappa shape index (κ2) is 5.93. The highest BCUT2D eigenvalue weighted by Crippen LogP contribution is 2.24. The molecule has 0 fully saturated rings. The summed E-state index contributed by atoms with van der Waals surface area (Å²) in [7, 11) is 0. The van der Waals surface area contributed by atoms with Crippen LogP contribution in [0.2, 0.25) is 0 Å². The molecule has 18 heavy (non-hydrogen) atoms. The Morgan fingerprint density at radius 3 is 2.78 bits per heavy atom. The van der Waals surface area contributed by atoms with Gasteiger partial charge in [0.05, 0.1) is 5.69 Å². The molecule has 0 aliphatic carbocycles. The van der Waals surface area contributed by atoms with Crippen molar-refractivity contribution in [2.45, 2.75) is 19.4 Å². The van der Waals surface area contributed by atoms with Gasteiger partial charge in [-0.25, -0.2) is 9.37 Å². The van der Waals surface area contributed by atoms with Gasteiger partial charge in [-0.3, -0.25) is 0 Å². The number of nitrogens with zero attached hydrogens (tertiary/aromatic N) is 1. The maximum Gasteiger partial charge on any atom is 0.147 e. The largest absolute Gasteiger partial charge is 0.484 e. The van der Waals surface area contributed by atoms with Crippen molar-refractivity contribution < 1.29 is 9.13 Å². The van der Waals surface area contributed by atoms with Crippen molar-refractivity contribution in [2.24, 2.45) is 5.73 Å². The molecule has 1 heterocycles. The van der Waals surface area contributed by atoms with Gasteiger partial charge in [-0.1, -0.05) is 0 Å². The van der Waals surface area contributed by atoms with Crippen LogP contribution in [0.1, 0.15) is 23.7 Å². The molecule has 0 aliphatic heterocycles. The van der Waals surface area contributed by atoms with Crippen LogP contribution in [-0.4, -0.2) is 11.5 Å². The average Bonchev–Trinajstić information content (AvgIpc) is 2.81.